The van der Waals surface area contributed by atoms with E-state index in [1.807, 2.05) is 0 Å². The van der Waals surface area contributed by atoms with Gasteiger partial charge in [0.15, 0.2) is 0 Å². The Labute approximate surface area is 37.6 Å². The lowest BCUT2D eigenvalue weighted by Gasteiger charge is -1.55. The lowest BCUT2D eigenvalue weighted by molar-refractivity contribution is 0.330. The SMILES string of the molecule is O=[Si](O)O.[S]. The standard InChI is InChI=1S/H2O3Si.S/c1-4(2)3;/h1-2H;. The van der Waals surface area contributed by atoms with E-state index in [1.165, 1.54) is 0 Å². The van der Waals surface area contributed by atoms with Crippen LogP contribution in [0.25, 0.3) is 0 Å². The molecule has 0 spiro atoms. The fourth-order valence-corrected chi connectivity index (χ4v) is 0. The van der Waals surface area contributed by atoms with Gasteiger partial charge in [0.05, 0.1) is 0 Å². The van der Waals surface area contributed by atoms with Gasteiger partial charge >= 0.3 is 9.17 Å². The highest BCUT2D eigenvalue weighted by atomic mass is 32.1. The molecule has 2 N–H and O–H groups in total. The molecule has 0 bridgehead atoms. The van der Waals surface area contributed by atoms with Crippen LogP contribution >= 0.6 is 13.5 Å². The van der Waals surface area contributed by atoms with Gasteiger partial charge in [0.1, 0.15) is 0 Å². The summed E-state index contributed by atoms with van der Waals surface area (Å²) in [5, 5.41) is 0. The van der Waals surface area contributed by atoms with Crippen molar-refractivity contribution < 1.29 is 14.1 Å². The minimum atomic E-state index is -3.13. The van der Waals surface area contributed by atoms with E-state index in [9.17, 15) is 0 Å². The lowest BCUT2D eigenvalue weighted by atomic mass is 15.8. The Morgan fingerprint density at radius 3 is 1.40 bits per heavy atom. The molecule has 0 heterocycles. The largest absolute Gasteiger partial charge is 0.761 e. The average molecular weight is 110 g/mol. The van der Waals surface area contributed by atoms with E-state index in [0.717, 1.165) is 0 Å². The van der Waals surface area contributed by atoms with Gasteiger partial charge in [0, 0.05) is 13.5 Å². The molecule has 0 fully saturated rings. The lowest BCUT2D eigenvalue weighted by Crippen LogP contribution is -1.90. The van der Waals surface area contributed by atoms with Crippen LogP contribution in [0.1, 0.15) is 0 Å². The van der Waals surface area contributed by atoms with Gasteiger partial charge < -0.3 is 9.59 Å². The summed E-state index contributed by atoms with van der Waals surface area (Å²) in [6.07, 6.45) is 0. The van der Waals surface area contributed by atoms with Crippen molar-refractivity contribution in [2.45, 2.75) is 0 Å². The van der Waals surface area contributed by atoms with Crippen molar-refractivity contribution in [2.24, 2.45) is 0 Å². The normalized spacial score (nSPS) is 4.80. The Morgan fingerprint density at radius 1 is 1.40 bits per heavy atom. The summed E-state index contributed by atoms with van der Waals surface area (Å²) >= 11 is 0. The molecule has 0 saturated carbocycles. The van der Waals surface area contributed by atoms with E-state index in [-0.39, 0.29) is 13.5 Å². The summed E-state index contributed by atoms with van der Waals surface area (Å²) in [6, 6.07) is 0. The van der Waals surface area contributed by atoms with E-state index in [4.69, 9.17) is 14.1 Å². The molecule has 0 aliphatic carbocycles. The van der Waals surface area contributed by atoms with Crippen molar-refractivity contribution in [3.8, 4) is 0 Å². The molecule has 2 radical (unpaired) electrons. The van der Waals surface area contributed by atoms with Crippen LogP contribution in [0, 0.1) is 0 Å². The van der Waals surface area contributed by atoms with Crippen molar-refractivity contribution in [1.29, 1.82) is 0 Å². The molecule has 3 nitrogen and oxygen atoms in total. The third-order valence-electron chi connectivity index (χ3n) is 0. The van der Waals surface area contributed by atoms with Crippen LogP contribution < -0.4 is 0 Å². The molecule has 0 rings (SSSR count). The Kier molecular flexibility index (Phi) is 7.04. The second-order valence-corrected chi connectivity index (χ2v) is 0.848. The molecular formula is H2O3SSi. The van der Waals surface area contributed by atoms with Gasteiger partial charge in [-0.3, -0.25) is 4.46 Å². The third kappa shape index (κ3) is 14000. The topological polar surface area (TPSA) is 57.5 Å². The zero-order chi connectivity index (χ0) is 3.58. The predicted molar refractivity (Wildman–Crippen MR) is 18.5 cm³/mol. The zero-order valence-electron chi connectivity index (χ0n) is 2.21. The monoisotopic (exact) mass is 110 g/mol. The van der Waals surface area contributed by atoms with E-state index < -0.39 is 9.17 Å². The van der Waals surface area contributed by atoms with Gasteiger partial charge in [-0.05, 0) is 0 Å². The summed E-state index contributed by atoms with van der Waals surface area (Å²) in [5.74, 6) is 0. The summed E-state index contributed by atoms with van der Waals surface area (Å²) in [6.45, 7) is 0. The van der Waals surface area contributed by atoms with E-state index in [1.54, 1.807) is 0 Å². The van der Waals surface area contributed by atoms with Crippen molar-refractivity contribution >= 4 is 22.7 Å². The smallest absolute Gasteiger partial charge is 0.511 e. The van der Waals surface area contributed by atoms with Gasteiger partial charge in [-0.25, -0.2) is 0 Å². The third-order valence-corrected chi connectivity index (χ3v) is 0. The van der Waals surface area contributed by atoms with E-state index in [2.05, 4.69) is 0 Å². The maximum atomic E-state index is 8.74. The molecule has 30 valence electrons. The molecule has 5 heteroatoms. The van der Waals surface area contributed by atoms with Gasteiger partial charge in [-0.1, -0.05) is 0 Å². The summed E-state index contributed by atoms with van der Waals surface area (Å²) in [5.41, 5.74) is 0. The van der Waals surface area contributed by atoms with Gasteiger partial charge in [0.2, 0.25) is 0 Å². The Hall–Kier alpha value is -0.0331. The van der Waals surface area contributed by atoms with Gasteiger partial charge in [0.25, 0.3) is 0 Å². The summed E-state index contributed by atoms with van der Waals surface area (Å²) < 4.78 is 8.74. The number of rotatable bonds is 0. The Balaban J connectivity index is 0. The predicted octanol–water partition coefficient (Wildman–Crippen LogP) is -0.965. The molecule has 0 aromatic carbocycles. The number of hydrogen-bond acceptors (Lipinski definition) is 1. The summed E-state index contributed by atoms with van der Waals surface area (Å²) in [4.78, 5) is 14.3. The highest BCUT2D eigenvalue weighted by Gasteiger charge is 1.85. The molecule has 0 amide bonds. The fraction of sp³-hybridized carbons (Fsp3) is 0. The quantitative estimate of drug-likeness (QED) is 0.395. The van der Waals surface area contributed by atoms with Gasteiger partial charge in [-0.2, -0.15) is 0 Å². The minimum absolute atomic E-state index is 0. The maximum absolute atomic E-state index is 8.74. The average Bonchev–Trinajstić information content (AvgIpc) is 0.811. The minimum Gasteiger partial charge on any atom is -0.511 e. The van der Waals surface area contributed by atoms with Crippen LogP contribution in [-0.4, -0.2) is 18.8 Å². The number of hydrogen-bond donors (Lipinski definition) is 2. The molecular weight excluding hydrogens is 108 g/mol. The van der Waals surface area contributed by atoms with Crippen LogP contribution in [-0.2, 0) is 4.46 Å². The molecule has 0 aliphatic rings. The van der Waals surface area contributed by atoms with Crippen LogP contribution in [0.3, 0.4) is 0 Å². The fourth-order valence-electron chi connectivity index (χ4n) is 0. The zero-order valence-corrected chi connectivity index (χ0v) is 4.03. The van der Waals surface area contributed by atoms with Crippen molar-refractivity contribution in [1.82, 2.24) is 0 Å². The molecule has 5 heavy (non-hydrogen) atoms. The molecule has 0 aromatic rings. The van der Waals surface area contributed by atoms with Crippen LogP contribution in [0.4, 0.5) is 0 Å². The van der Waals surface area contributed by atoms with Gasteiger partial charge in [-0.15, -0.1) is 0 Å². The highest BCUT2D eigenvalue weighted by molar-refractivity contribution is 7.59. The second kappa shape index (κ2) is 3.97. The maximum Gasteiger partial charge on any atom is 0.761 e. The van der Waals surface area contributed by atoms with Crippen molar-refractivity contribution in [2.75, 3.05) is 0 Å². The Morgan fingerprint density at radius 2 is 1.40 bits per heavy atom. The first-order chi connectivity index (χ1) is 1.73. The Bertz CT molecular complexity index is 29.9. The molecule has 0 saturated heterocycles. The van der Waals surface area contributed by atoms with Crippen LogP contribution in [0.15, 0.2) is 0 Å². The van der Waals surface area contributed by atoms with E-state index in [0.29, 0.717) is 0 Å². The first kappa shape index (κ1) is 8.88. The molecule has 0 aromatic heterocycles. The molecule has 0 aliphatic heterocycles. The summed E-state index contributed by atoms with van der Waals surface area (Å²) in [7, 11) is -3.13. The first-order valence-corrected chi connectivity index (χ1v) is 1.95. The first-order valence-electron chi connectivity index (χ1n) is 0.651. The van der Waals surface area contributed by atoms with Crippen molar-refractivity contribution in [3.63, 3.8) is 0 Å². The van der Waals surface area contributed by atoms with Crippen LogP contribution in [0.5, 0.6) is 0 Å². The van der Waals surface area contributed by atoms with Crippen LogP contribution in [0.2, 0.25) is 0 Å². The molecule has 0 unspecified atom stereocenters. The molecule has 0 atom stereocenters. The van der Waals surface area contributed by atoms with E-state index >= 15 is 0 Å². The highest BCUT2D eigenvalue weighted by Crippen LogP contribution is 1.27. The second-order valence-electron chi connectivity index (χ2n) is 0.283. The van der Waals surface area contributed by atoms with Crippen molar-refractivity contribution in [3.05, 3.63) is 0 Å².